The van der Waals surface area contributed by atoms with Gasteiger partial charge in [0.25, 0.3) is 5.91 Å². The average molecular weight is 315 g/mol. The van der Waals surface area contributed by atoms with Gasteiger partial charge in [-0.3, -0.25) is 4.79 Å². The first-order chi connectivity index (χ1) is 8.58. The molecule has 3 nitrogen and oxygen atoms in total. The van der Waals surface area contributed by atoms with Crippen LogP contribution in [0.1, 0.15) is 23.2 Å². The van der Waals surface area contributed by atoms with E-state index in [1.54, 1.807) is 0 Å². The monoisotopic (exact) mass is 314 g/mol. The zero-order valence-electron chi connectivity index (χ0n) is 10.2. The highest BCUT2D eigenvalue weighted by molar-refractivity contribution is 9.10. The minimum Gasteiger partial charge on any atom is -0.351 e. The number of nitrogens with one attached hydrogen (secondary N) is 1. The maximum absolute atomic E-state index is 13.0. The van der Waals surface area contributed by atoms with Crippen molar-refractivity contribution < 1.29 is 9.18 Å². The summed E-state index contributed by atoms with van der Waals surface area (Å²) < 4.78 is 13.3. The molecule has 98 valence electrons. The van der Waals surface area contributed by atoms with Crippen molar-refractivity contribution in [3.05, 3.63) is 34.1 Å². The number of carbonyl (C=O) groups is 1. The summed E-state index contributed by atoms with van der Waals surface area (Å²) in [5.74, 6) is -0.528. The van der Waals surface area contributed by atoms with Crippen molar-refractivity contribution >= 4 is 21.8 Å². The van der Waals surface area contributed by atoms with Gasteiger partial charge in [0.15, 0.2) is 0 Å². The van der Waals surface area contributed by atoms with Gasteiger partial charge in [-0.2, -0.15) is 0 Å². The van der Waals surface area contributed by atoms with E-state index in [1.807, 2.05) is 0 Å². The first kappa shape index (κ1) is 13.5. The number of hydrogen-bond acceptors (Lipinski definition) is 2. The molecule has 18 heavy (non-hydrogen) atoms. The first-order valence-electron chi connectivity index (χ1n) is 6.01. The van der Waals surface area contributed by atoms with Crippen LogP contribution >= 0.6 is 15.9 Å². The van der Waals surface area contributed by atoms with Crippen molar-refractivity contribution in [2.75, 3.05) is 20.1 Å². The molecule has 0 aromatic heterocycles. The minimum absolute atomic E-state index is 0.167. The molecule has 1 aliphatic rings. The van der Waals surface area contributed by atoms with Crippen LogP contribution in [0.3, 0.4) is 0 Å². The Hall–Kier alpha value is -0.940. The van der Waals surface area contributed by atoms with E-state index in [2.05, 4.69) is 33.2 Å². The van der Waals surface area contributed by atoms with E-state index in [0.717, 1.165) is 6.54 Å². The van der Waals surface area contributed by atoms with Crippen molar-refractivity contribution in [2.45, 2.75) is 18.9 Å². The summed E-state index contributed by atoms with van der Waals surface area (Å²) in [6.45, 7) is 1.46. The second-order valence-corrected chi connectivity index (χ2v) is 5.45. The van der Waals surface area contributed by atoms with Crippen LogP contribution in [0.15, 0.2) is 22.7 Å². The Labute approximate surface area is 114 Å². The topological polar surface area (TPSA) is 32.3 Å². The Morgan fingerprint density at radius 1 is 1.56 bits per heavy atom. The number of hydrogen-bond donors (Lipinski definition) is 1. The van der Waals surface area contributed by atoms with Gasteiger partial charge in [-0.1, -0.05) is 0 Å². The number of rotatable bonds is 5. The lowest BCUT2D eigenvalue weighted by atomic mass is 10.2. The molecular formula is C13H16BrFN2O. The molecule has 0 atom stereocenters. The van der Waals surface area contributed by atoms with E-state index in [4.69, 9.17) is 0 Å². The molecule has 1 amide bonds. The maximum atomic E-state index is 13.0. The van der Waals surface area contributed by atoms with Crippen molar-refractivity contribution in [2.24, 2.45) is 0 Å². The third kappa shape index (κ3) is 3.53. The number of likely N-dealkylation sites (N-methyl/N-ethyl adjacent to an activating group) is 1. The van der Waals surface area contributed by atoms with E-state index in [0.29, 0.717) is 22.6 Å². The normalized spacial score (nSPS) is 14.9. The highest BCUT2D eigenvalue weighted by atomic mass is 79.9. The minimum atomic E-state index is -0.361. The van der Waals surface area contributed by atoms with Gasteiger partial charge >= 0.3 is 0 Å². The van der Waals surface area contributed by atoms with Crippen LogP contribution in [0.2, 0.25) is 0 Å². The zero-order valence-corrected chi connectivity index (χ0v) is 11.8. The van der Waals surface area contributed by atoms with Crippen LogP contribution in [0.4, 0.5) is 4.39 Å². The molecule has 0 aliphatic heterocycles. The molecule has 1 saturated carbocycles. The fraction of sp³-hybridized carbons (Fsp3) is 0.462. The van der Waals surface area contributed by atoms with Gasteiger partial charge in [-0.25, -0.2) is 4.39 Å². The Balaban J connectivity index is 1.81. The van der Waals surface area contributed by atoms with Gasteiger partial charge in [0, 0.05) is 24.7 Å². The maximum Gasteiger partial charge on any atom is 0.251 e. The summed E-state index contributed by atoms with van der Waals surface area (Å²) in [4.78, 5) is 14.1. The third-order valence-electron chi connectivity index (χ3n) is 3.10. The third-order valence-corrected chi connectivity index (χ3v) is 3.71. The Morgan fingerprint density at radius 3 is 2.89 bits per heavy atom. The van der Waals surface area contributed by atoms with Crippen molar-refractivity contribution in [1.82, 2.24) is 10.2 Å². The molecule has 0 unspecified atom stereocenters. The summed E-state index contributed by atoms with van der Waals surface area (Å²) in [6, 6.07) is 4.96. The van der Waals surface area contributed by atoms with Gasteiger partial charge in [0.05, 0.1) is 4.47 Å². The van der Waals surface area contributed by atoms with Crippen molar-refractivity contribution in [1.29, 1.82) is 0 Å². The molecule has 1 fully saturated rings. The summed E-state index contributed by atoms with van der Waals surface area (Å²) in [7, 11) is 2.07. The molecule has 5 heteroatoms. The number of nitrogens with zero attached hydrogens (tertiary/aromatic N) is 1. The van der Waals surface area contributed by atoms with Crippen molar-refractivity contribution in [3.63, 3.8) is 0 Å². The quantitative estimate of drug-likeness (QED) is 0.905. The molecule has 0 heterocycles. The molecule has 0 bridgehead atoms. The van der Waals surface area contributed by atoms with Gasteiger partial charge in [0.1, 0.15) is 5.82 Å². The summed E-state index contributed by atoms with van der Waals surface area (Å²) in [5, 5.41) is 2.84. The van der Waals surface area contributed by atoms with Crippen LogP contribution in [0.5, 0.6) is 0 Å². The van der Waals surface area contributed by atoms with Crippen molar-refractivity contribution in [3.8, 4) is 0 Å². The molecule has 1 aliphatic carbocycles. The molecule has 1 aromatic rings. The largest absolute Gasteiger partial charge is 0.351 e. The Morgan fingerprint density at radius 2 is 2.28 bits per heavy atom. The lowest BCUT2D eigenvalue weighted by Crippen LogP contribution is -2.33. The number of halogens is 2. The molecule has 2 rings (SSSR count). The van der Waals surface area contributed by atoms with Gasteiger partial charge in [-0.05, 0) is 54.0 Å². The molecule has 0 spiro atoms. The van der Waals surface area contributed by atoms with Gasteiger partial charge < -0.3 is 10.2 Å². The molecule has 1 N–H and O–H groups in total. The summed E-state index contributed by atoms with van der Waals surface area (Å²) in [5.41, 5.74) is 0.470. The second-order valence-electron chi connectivity index (χ2n) is 4.60. The summed E-state index contributed by atoms with van der Waals surface area (Å²) >= 11 is 3.07. The second kappa shape index (κ2) is 5.80. The first-order valence-corrected chi connectivity index (χ1v) is 6.80. The number of benzene rings is 1. The predicted octanol–water partition coefficient (Wildman–Crippen LogP) is 2.41. The van der Waals surface area contributed by atoms with E-state index in [1.165, 1.54) is 31.0 Å². The molecule has 0 radical (unpaired) electrons. The Kier molecular flexibility index (Phi) is 4.35. The van der Waals surface area contributed by atoms with E-state index in [9.17, 15) is 9.18 Å². The van der Waals surface area contributed by atoms with Crippen LogP contribution < -0.4 is 5.32 Å². The SMILES string of the molecule is CN(CCNC(=O)c1ccc(F)c(Br)c1)C1CC1. The summed E-state index contributed by atoms with van der Waals surface area (Å²) in [6.07, 6.45) is 2.52. The van der Waals surface area contributed by atoms with E-state index in [-0.39, 0.29) is 11.7 Å². The smallest absolute Gasteiger partial charge is 0.251 e. The van der Waals surface area contributed by atoms with Crippen LogP contribution in [0.25, 0.3) is 0 Å². The van der Waals surface area contributed by atoms with Crippen LogP contribution in [0, 0.1) is 5.82 Å². The zero-order chi connectivity index (χ0) is 13.1. The number of amides is 1. The predicted molar refractivity (Wildman–Crippen MR) is 72.1 cm³/mol. The Bertz CT molecular complexity index is 449. The highest BCUT2D eigenvalue weighted by Crippen LogP contribution is 2.24. The standard InChI is InChI=1S/C13H16BrFN2O/c1-17(10-3-4-10)7-6-16-13(18)9-2-5-12(15)11(14)8-9/h2,5,8,10H,3-4,6-7H2,1H3,(H,16,18). The van der Waals surface area contributed by atoms with Crippen LogP contribution in [-0.4, -0.2) is 37.0 Å². The van der Waals surface area contributed by atoms with Gasteiger partial charge in [-0.15, -0.1) is 0 Å². The fourth-order valence-electron chi connectivity index (χ4n) is 1.78. The van der Waals surface area contributed by atoms with E-state index >= 15 is 0 Å². The lowest BCUT2D eigenvalue weighted by molar-refractivity contribution is 0.0949. The number of carbonyl (C=O) groups excluding carboxylic acids is 1. The molecule has 1 aromatic carbocycles. The average Bonchev–Trinajstić information content (AvgIpc) is 3.16. The fourth-order valence-corrected chi connectivity index (χ4v) is 2.16. The lowest BCUT2D eigenvalue weighted by Gasteiger charge is -2.15. The van der Waals surface area contributed by atoms with Crippen LogP contribution in [-0.2, 0) is 0 Å². The molecular weight excluding hydrogens is 299 g/mol. The van der Waals surface area contributed by atoms with E-state index < -0.39 is 0 Å². The van der Waals surface area contributed by atoms with Gasteiger partial charge in [0.2, 0.25) is 0 Å². The highest BCUT2D eigenvalue weighted by Gasteiger charge is 2.25. The molecule has 0 saturated heterocycles.